The van der Waals surface area contributed by atoms with E-state index in [4.69, 9.17) is 4.74 Å². The minimum Gasteiger partial charge on any atom is -0.444 e. The normalized spacial score (nSPS) is 25.1. The Hall–Kier alpha value is -0.990. The van der Waals surface area contributed by atoms with Crippen LogP contribution in [-0.2, 0) is 4.74 Å². The molecule has 1 saturated heterocycles. The van der Waals surface area contributed by atoms with E-state index in [1.807, 2.05) is 31.7 Å². The molecule has 18 heavy (non-hydrogen) atoms. The van der Waals surface area contributed by atoms with Crippen LogP contribution in [0.4, 0.5) is 4.79 Å². The summed E-state index contributed by atoms with van der Waals surface area (Å²) >= 11 is 0. The van der Waals surface area contributed by atoms with Crippen molar-refractivity contribution in [3.8, 4) is 0 Å². The molecule has 1 amide bonds. The van der Waals surface area contributed by atoms with Crippen LogP contribution in [0.15, 0.2) is 12.7 Å². The van der Waals surface area contributed by atoms with Crippen molar-refractivity contribution in [2.24, 2.45) is 5.41 Å². The number of likely N-dealkylation sites (tertiary alicyclic amines) is 1. The number of ether oxygens (including phenoxy) is 1. The quantitative estimate of drug-likeness (QED) is 0.661. The number of amides is 1. The molecule has 2 atom stereocenters. The molecule has 1 unspecified atom stereocenters. The first-order valence-electron chi connectivity index (χ1n) is 6.70. The number of hydrogen-bond acceptors (Lipinski definition) is 2. The highest BCUT2D eigenvalue weighted by Gasteiger charge is 2.43. The summed E-state index contributed by atoms with van der Waals surface area (Å²) in [5.41, 5.74) is -0.386. The summed E-state index contributed by atoms with van der Waals surface area (Å²) < 4.78 is 5.52. The average molecular weight is 253 g/mol. The van der Waals surface area contributed by atoms with Crippen LogP contribution in [0.5, 0.6) is 0 Å². The summed E-state index contributed by atoms with van der Waals surface area (Å²) in [5, 5.41) is 0. The van der Waals surface area contributed by atoms with Gasteiger partial charge in [-0.1, -0.05) is 26.8 Å². The molecule has 0 aromatic carbocycles. The molecule has 1 fully saturated rings. The number of rotatable bonds is 1. The maximum Gasteiger partial charge on any atom is 0.411 e. The Morgan fingerprint density at radius 2 is 1.78 bits per heavy atom. The number of hydrogen-bond donors (Lipinski definition) is 0. The van der Waals surface area contributed by atoms with E-state index in [2.05, 4.69) is 27.4 Å². The van der Waals surface area contributed by atoms with Crippen molar-refractivity contribution in [1.82, 2.24) is 4.90 Å². The Kier molecular flexibility index (Phi) is 4.14. The molecular weight excluding hydrogens is 226 g/mol. The van der Waals surface area contributed by atoms with Gasteiger partial charge in [0, 0.05) is 6.04 Å². The molecule has 3 nitrogen and oxygen atoms in total. The van der Waals surface area contributed by atoms with Gasteiger partial charge < -0.3 is 4.74 Å². The second-order valence-corrected chi connectivity index (χ2v) is 7.15. The average Bonchev–Trinajstić information content (AvgIpc) is 2.56. The minimum absolute atomic E-state index is 0.0642. The van der Waals surface area contributed by atoms with Crippen molar-refractivity contribution in [1.29, 1.82) is 0 Å². The van der Waals surface area contributed by atoms with Crippen molar-refractivity contribution < 1.29 is 9.53 Å². The second kappa shape index (κ2) is 4.94. The van der Waals surface area contributed by atoms with Crippen molar-refractivity contribution >= 4 is 6.09 Å². The third-order valence-electron chi connectivity index (χ3n) is 3.31. The molecule has 3 heteroatoms. The number of carbonyl (C=O) groups is 1. The van der Waals surface area contributed by atoms with Gasteiger partial charge >= 0.3 is 6.09 Å². The van der Waals surface area contributed by atoms with Crippen LogP contribution < -0.4 is 0 Å². The SMILES string of the molecule is C=CC1CC[C@@H](C(C)(C)C)N1C(=O)OC(C)(C)C. The van der Waals surface area contributed by atoms with Crippen LogP contribution in [0, 0.1) is 5.41 Å². The van der Waals surface area contributed by atoms with Crippen molar-refractivity contribution in [3.63, 3.8) is 0 Å². The molecule has 1 rings (SSSR count). The fourth-order valence-electron chi connectivity index (χ4n) is 2.50. The number of nitrogens with zero attached hydrogens (tertiary/aromatic N) is 1. The van der Waals surface area contributed by atoms with E-state index in [0.29, 0.717) is 0 Å². The van der Waals surface area contributed by atoms with E-state index in [1.165, 1.54) is 0 Å². The first kappa shape index (κ1) is 15.1. The molecule has 104 valence electrons. The van der Waals surface area contributed by atoms with Crippen LogP contribution in [0.2, 0.25) is 0 Å². The molecule has 0 N–H and O–H groups in total. The van der Waals surface area contributed by atoms with Gasteiger partial charge in [-0.15, -0.1) is 6.58 Å². The second-order valence-electron chi connectivity index (χ2n) is 7.15. The van der Waals surface area contributed by atoms with E-state index in [9.17, 15) is 4.79 Å². The molecule has 0 saturated carbocycles. The summed E-state index contributed by atoms with van der Waals surface area (Å²) in [6.07, 6.45) is 3.63. The standard InChI is InChI=1S/C15H27NO2/c1-8-11-9-10-12(14(2,3)4)16(11)13(17)18-15(5,6)7/h8,11-12H,1,9-10H2,2-7H3/t11?,12-/m0/s1. The molecular formula is C15H27NO2. The van der Waals surface area contributed by atoms with Gasteiger partial charge in [0.2, 0.25) is 0 Å². The third kappa shape index (κ3) is 3.50. The zero-order valence-electron chi connectivity index (χ0n) is 12.6. The Morgan fingerprint density at radius 1 is 1.22 bits per heavy atom. The van der Waals surface area contributed by atoms with Crippen molar-refractivity contribution in [3.05, 3.63) is 12.7 Å². The van der Waals surface area contributed by atoms with Crippen LogP contribution in [-0.4, -0.2) is 28.7 Å². The van der Waals surface area contributed by atoms with E-state index < -0.39 is 5.60 Å². The zero-order chi connectivity index (χ0) is 14.1. The maximum atomic E-state index is 12.3. The van der Waals surface area contributed by atoms with Crippen molar-refractivity contribution in [2.45, 2.75) is 72.1 Å². The molecule has 0 radical (unpaired) electrons. The van der Waals surface area contributed by atoms with Gasteiger partial charge in [0.15, 0.2) is 0 Å². The van der Waals surface area contributed by atoms with Crippen LogP contribution in [0.3, 0.4) is 0 Å². The lowest BCUT2D eigenvalue weighted by Crippen LogP contribution is -2.48. The molecule has 0 aromatic rings. The monoisotopic (exact) mass is 253 g/mol. The Morgan fingerprint density at radius 3 is 2.17 bits per heavy atom. The van der Waals surface area contributed by atoms with E-state index in [1.54, 1.807) is 0 Å². The van der Waals surface area contributed by atoms with Crippen LogP contribution in [0.25, 0.3) is 0 Å². The predicted octanol–water partition coefficient (Wildman–Crippen LogP) is 3.99. The van der Waals surface area contributed by atoms with Crippen LogP contribution in [0.1, 0.15) is 54.4 Å². The van der Waals surface area contributed by atoms with E-state index in [0.717, 1.165) is 12.8 Å². The zero-order valence-corrected chi connectivity index (χ0v) is 12.6. The van der Waals surface area contributed by atoms with Gasteiger partial charge in [-0.05, 0) is 39.0 Å². The predicted molar refractivity (Wildman–Crippen MR) is 74.5 cm³/mol. The molecule has 1 heterocycles. The molecule has 0 aromatic heterocycles. The summed E-state index contributed by atoms with van der Waals surface area (Å²) in [7, 11) is 0. The highest BCUT2D eigenvalue weighted by Crippen LogP contribution is 2.37. The highest BCUT2D eigenvalue weighted by atomic mass is 16.6. The van der Waals surface area contributed by atoms with Crippen LogP contribution >= 0.6 is 0 Å². The number of carbonyl (C=O) groups excluding carboxylic acids is 1. The van der Waals surface area contributed by atoms with Gasteiger partial charge in [0.1, 0.15) is 5.60 Å². The molecule has 0 aliphatic carbocycles. The first-order valence-corrected chi connectivity index (χ1v) is 6.70. The van der Waals surface area contributed by atoms with Gasteiger partial charge in [-0.2, -0.15) is 0 Å². The molecule has 0 bridgehead atoms. The molecule has 1 aliphatic rings. The van der Waals surface area contributed by atoms with Gasteiger partial charge in [-0.3, -0.25) is 4.90 Å². The summed E-state index contributed by atoms with van der Waals surface area (Å²) in [6, 6.07) is 0.319. The lowest BCUT2D eigenvalue weighted by Gasteiger charge is -2.38. The lowest BCUT2D eigenvalue weighted by molar-refractivity contribution is 0.00687. The Labute approximate surface area is 111 Å². The van der Waals surface area contributed by atoms with Gasteiger partial charge in [-0.25, -0.2) is 4.79 Å². The first-order chi connectivity index (χ1) is 8.06. The largest absolute Gasteiger partial charge is 0.444 e. The van der Waals surface area contributed by atoms with Crippen molar-refractivity contribution in [2.75, 3.05) is 0 Å². The minimum atomic E-state index is -0.451. The lowest BCUT2D eigenvalue weighted by atomic mass is 9.85. The Balaban J connectivity index is 2.91. The van der Waals surface area contributed by atoms with E-state index >= 15 is 0 Å². The maximum absolute atomic E-state index is 12.3. The third-order valence-corrected chi connectivity index (χ3v) is 3.31. The summed E-state index contributed by atoms with van der Waals surface area (Å²) in [5.74, 6) is 0. The highest BCUT2D eigenvalue weighted by molar-refractivity contribution is 5.70. The summed E-state index contributed by atoms with van der Waals surface area (Å²) in [6.45, 7) is 16.0. The summed E-state index contributed by atoms with van der Waals surface area (Å²) in [4.78, 5) is 14.2. The molecule has 0 spiro atoms. The fraction of sp³-hybridized carbons (Fsp3) is 0.800. The topological polar surface area (TPSA) is 29.5 Å². The van der Waals surface area contributed by atoms with Gasteiger partial charge in [0.05, 0.1) is 6.04 Å². The fourth-order valence-corrected chi connectivity index (χ4v) is 2.50. The molecule has 1 aliphatic heterocycles. The van der Waals surface area contributed by atoms with Gasteiger partial charge in [0.25, 0.3) is 0 Å². The van der Waals surface area contributed by atoms with E-state index in [-0.39, 0.29) is 23.6 Å². The Bertz CT molecular complexity index is 322. The smallest absolute Gasteiger partial charge is 0.411 e.